The van der Waals surface area contributed by atoms with E-state index in [0.717, 1.165) is 24.2 Å². The third kappa shape index (κ3) is 2.02. The van der Waals surface area contributed by atoms with Crippen LogP contribution < -0.4 is 10.5 Å². The third-order valence-corrected chi connectivity index (χ3v) is 2.81. The number of halogens is 1. The minimum absolute atomic E-state index is 0.280. The lowest BCUT2D eigenvalue weighted by Gasteiger charge is -2.33. The number of aryl methyl sites for hydroxylation is 1. The number of rotatable bonds is 2. The fourth-order valence-electron chi connectivity index (χ4n) is 1.58. The van der Waals surface area contributed by atoms with Crippen molar-refractivity contribution >= 4 is 11.6 Å². The molecule has 0 spiro atoms. The Morgan fingerprint density at radius 3 is 2.79 bits per heavy atom. The summed E-state index contributed by atoms with van der Waals surface area (Å²) in [5, 5.41) is 0.717. The van der Waals surface area contributed by atoms with Crippen molar-refractivity contribution in [1.29, 1.82) is 0 Å². The molecule has 0 unspecified atom stereocenters. The van der Waals surface area contributed by atoms with Gasteiger partial charge in [-0.3, -0.25) is 0 Å². The Hall–Kier alpha value is -0.730. The van der Waals surface area contributed by atoms with E-state index in [-0.39, 0.29) is 6.10 Å². The van der Waals surface area contributed by atoms with Crippen molar-refractivity contribution in [1.82, 2.24) is 0 Å². The summed E-state index contributed by atoms with van der Waals surface area (Å²) in [6.45, 7) is 2.02. The van der Waals surface area contributed by atoms with Crippen molar-refractivity contribution in [3.05, 3.63) is 28.8 Å². The normalized spacial score (nSPS) is 25.6. The summed E-state index contributed by atoms with van der Waals surface area (Å²) in [5.41, 5.74) is 6.80. The Balaban J connectivity index is 2.05. The predicted octanol–water partition coefficient (Wildman–Crippen LogP) is 2.52. The highest BCUT2D eigenvalue weighted by molar-refractivity contribution is 6.30. The molecule has 1 saturated carbocycles. The first kappa shape index (κ1) is 9.81. The first-order chi connectivity index (χ1) is 6.65. The molecule has 1 aliphatic carbocycles. The van der Waals surface area contributed by atoms with Gasteiger partial charge in [0.25, 0.3) is 0 Å². The van der Waals surface area contributed by atoms with Crippen LogP contribution in [0.2, 0.25) is 5.02 Å². The standard InChI is InChI=1S/C11H14ClNO/c1-7-2-3-8(12)4-11(7)14-10-5-9(13)6-10/h2-4,9-10H,5-6,13H2,1H3. The van der Waals surface area contributed by atoms with Crippen LogP contribution in [0.1, 0.15) is 18.4 Å². The molecule has 0 atom stereocenters. The van der Waals surface area contributed by atoms with Crippen molar-refractivity contribution in [3.8, 4) is 5.75 Å². The fraction of sp³-hybridized carbons (Fsp3) is 0.455. The van der Waals surface area contributed by atoms with Crippen molar-refractivity contribution in [2.45, 2.75) is 31.9 Å². The quantitative estimate of drug-likeness (QED) is 0.816. The zero-order chi connectivity index (χ0) is 10.1. The summed E-state index contributed by atoms with van der Waals surface area (Å²) in [7, 11) is 0. The second kappa shape index (κ2) is 3.79. The Labute approximate surface area is 89.0 Å². The van der Waals surface area contributed by atoms with Crippen LogP contribution in [0.4, 0.5) is 0 Å². The van der Waals surface area contributed by atoms with Crippen molar-refractivity contribution in [3.63, 3.8) is 0 Å². The van der Waals surface area contributed by atoms with Crippen LogP contribution in [0.15, 0.2) is 18.2 Å². The molecule has 0 amide bonds. The average molecular weight is 212 g/mol. The van der Waals surface area contributed by atoms with E-state index >= 15 is 0 Å². The SMILES string of the molecule is Cc1ccc(Cl)cc1OC1CC(N)C1. The Kier molecular flexibility index (Phi) is 2.66. The lowest BCUT2D eigenvalue weighted by molar-refractivity contribution is 0.100. The summed E-state index contributed by atoms with van der Waals surface area (Å²) in [5.74, 6) is 0.884. The summed E-state index contributed by atoms with van der Waals surface area (Å²) in [4.78, 5) is 0. The maximum Gasteiger partial charge on any atom is 0.124 e. The van der Waals surface area contributed by atoms with Crippen molar-refractivity contribution in [2.24, 2.45) is 5.73 Å². The van der Waals surface area contributed by atoms with Gasteiger partial charge in [-0.15, -0.1) is 0 Å². The van der Waals surface area contributed by atoms with Crippen LogP contribution in [-0.4, -0.2) is 12.1 Å². The van der Waals surface area contributed by atoms with Gasteiger partial charge in [0.05, 0.1) is 0 Å². The number of ether oxygens (including phenoxy) is 1. The maximum absolute atomic E-state index is 5.89. The summed E-state index contributed by atoms with van der Waals surface area (Å²) in [6, 6.07) is 6.02. The van der Waals surface area contributed by atoms with E-state index in [1.54, 1.807) is 0 Å². The van der Waals surface area contributed by atoms with Crippen LogP contribution in [-0.2, 0) is 0 Å². The molecule has 76 valence electrons. The Morgan fingerprint density at radius 1 is 1.43 bits per heavy atom. The molecule has 1 fully saturated rings. The molecular weight excluding hydrogens is 198 g/mol. The molecule has 3 heteroatoms. The van der Waals surface area contributed by atoms with Gasteiger partial charge in [-0.2, -0.15) is 0 Å². The van der Waals surface area contributed by atoms with E-state index in [1.165, 1.54) is 0 Å². The molecule has 0 aromatic heterocycles. The van der Waals surface area contributed by atoms with Crippen LogP contribution in [0, 0.1) is 6.92 Å². The molecule has 0 aliphatic heterocycles. The predicted molar refractivity (Wildman–Crippen MR) is 57.8 cm³/mol. The first-order valence-electron chi connectivity index (χ1n) is 4.83. The molecule has 2 N–H and O–H groups in total. The summed E-state index contributed by atoms with van der Waals surface area (Å²) < 4.78 is 5.77. The second-order valence-electron chi connectivity index (χ2n) is 3.88. The molecule has 1 aromatic rings. The molecule has 0 bridgehead atoms. The van der Waals surface area contributed by atoms with Gasteiger partial charge in [0.15, 0.2) is 0 Å². The lowest BCUT2D eigenvalue weighted by atomic mass is 9.90. The molecule has 2 rings (SSSR count). The van der Waals surface area contributed by atoms with Crippen LogP contribution in [0.5, 0.6) is 5.75 Å². The molecular formula is C11H14ClNO. The first-order valence-corrected chi connectivity index (χ1v) is 5.21. The molecule has 1 aliphatic rings. The van der Waals surface area contributed by atoms with Gasteiger partial charge in [-0.05, 0) is 37.5 Å². The van der Waals surface area contributed by atoms with Gasteiger partial charge >= 0.3 is 0 Å². The third-order valence-electron chi connectivity index (χ3n) is 2.58. The summed E-state index contributed by atoms with van der Waals surface area (Å²) >= 11 is 5.89. The number of benzene rings is 1. The number of nitrogens with two attached hydrogens (primary N) is 1. The Bertz CT molecular complexity index is 334. The van der Waals surface area contributed by atoms with E-state index in [1.807, 2.05) is 25.1 Å². The van der Waals surface area contributed by atoms with Crippen molar-refractivity contribution in [2.75, 3.05) is 0 Å². The topological polar surface area (TPSA) is 35.2 Å². The van der Waals surface area contributed by atoms with E-state index in [4.69, 9.17) is 22.1 Å². The highest BCUT2D eigenvalue weighted by Gasteiger charge is 2.27. The van der Waals surface area contributed by atoms with Gasteiger partial charge in [-0.1, -0.05) is 17.7 Å². The highest BCUT2D eigenvalue weighted by atomic mass is 35.5. The number of hydrogen-bond acceptors (Lipinski definition) is 2. The van der Waals surface area contributed by atoms with E-state index in [0.29, 0.717) is 11.1 Å². The smallest absolute Gasteiger partial charge is 0.124 e. The number of hydrogen-bond donors (Lipinski definition) is 1. The molecule has 0 radical (unpaired) electrons. The van der Waals surface area contributed by atoms with Gasteiger partial charge in [-0.25, -0.2) is 0 Å². The van der Waals surface area contributed by atoms with Crippen LogP contribution in [0.3, 0.4) is 0 Å². The monoisotopic (exact) mass is 211 g/mol. The van der Waals surface area contributed by atoms with Crippen LogP contribution in [0.25, 0.3) is 0 Å². The minimum Gasteiger partial charge on any atom is -0.490 e. The fourth-order valence-corrected chi connectivity index (χ4v) is 1.75. The summed E-state index contributed by atoms with van der Waals surface area (Å²) in [6.07, 6.45) is 2.18. The molecule has 2 nitrogen and oxygen atoms in total. The van der Waals surface area contributed by atoms with Gasteiger partial charge in [0.1, 0.15) is 11.9 Å². The van der Waals surface area contributed by atoms with Crippen molar-refractivity contribution < 1.29 is 4.74 Å². The second-order valence-corrected chi connectivity index (χ2v) is 4.32. The Morgan fingerprint density at radius 2 is 2.14 bits per heavy atom. The molecule has 14 heavy (non-hydrogen) atoms. The molecule has 1 aromatic carbocycles. The van der Waals surface area contributed by atoms with Crippen LogP contribution >= 0.6 is 11.6 Å². The zero-order valence-corrected chi connectivity index (χ0v) is 8.92. The van der Waals surface area contributed by atoms with E-state index < -0.39 is 0 Å². The van der Waals surface area contributed by atoms with Gasteiger partial charge < -0.3 is 10.5 Å². The van der Waals surface area contributed by atoms with E-state index in [9.17, 15) is 0 Å². The van der Waals surface area contributed by atoms with Gasteiger partial charge in [0, 0.05) is 11.1 Å². The molecule has 0 saturated heterocycles. The largest absolute Gasteiger partial charge is 0.490 e. The zero-order valence-electron chi connectivity index (χ0n) is 8.16. The maximum atomic E-state index is 5.89. The van der Waals surface area contributed by atoms with Gasteiger partial charge in [0.2, 0.25) is 0 Å². The lowest BCUT2D eigenvalue weighted by Crippen LogP contribution is -2.43. The van der Waals surface area contributed by atoms with E-state index in [2.05, 4.69) is 0 Å². The minimum atomic E-state index is 0.280. The highest BCUT2D eigenvalue weighted by Crippen LogP contribution is 2.28. The average Bonchev–Trinajstić information content (AvgIpc) is 2.09. The molecule has 0 heterocycles.